The van der Waals surface area contributed by atoms with E-state index >= 15 is 0 Å². The van der Waals surface area contributed by atoms with Crippen LogP contribution in [0.2, 0.25) is 5.02 Å². The molecule has 2 aromatic rings. The number of nitrogens with one attached hydrogen (secondary N) is 1. The number of rotatable bonds is 2. The van der Waals surface area contributed by atoms with Crippen LogP contribution in [0.1, 0.15) is 23.0 Å². The predicted molar refractivity (Wildman–Crippen MR) is 64.6 cm³/mol. The molecule has 0 aliphatic carbocycles. The number of methoxy groups -OCH3 is 1. The number of carbonyl (C=O) groups is 1. The number of ether oxygens (including phenoxy) is 1. The number of benzene rings is 1. The molecule has 3 nitrogen and oxygen atoms in total. The summed E-state index contributed by atoms with van der Waals surface area (Å²) in [6, 6.07) is 3.70. The van der Waals surface area contributed by atoms with Crippen LogP contribution in [0.3, 0.4) is 0 Å². The number of H-pyrrole nitrogens is 1. The summed E-state index contributed by atoms with van der Waals surface area (Å²) < 4.78 is 5.13. The summed E-state index contributed by atoms with van der Waals surface area (Å²) in [7, 11) is 1.56. The summed E-state index contributed by atoms with van der Waals surface area (Å²) >= 11 is 6.16. The second-order valence-electron chi connectivity index (χ2n) is 3.69. The summed E-state index contributed by atoms with van der Waals surface area (Å²) in [6.07, 6.45) is 0. The number of carbonyl (C=O) groups excluding carboxylic acids is 1. The first-order chi connectivity index (χ1) is 7.56. The van der Waals surface area contributed by atoms with E-state index in [4.69, 9.17) is 16.3 Å². The van der Waals surface area contributed by atoms with Gasteiger partial charge in [0.2, 0.25) is 0 Å². The van der Waals surface area contributed by atoms with E-state index in [1.54, 1.807) is 13.2 Å². The van der Waals surface area contributed by atoms with Gasteiger partial charge in [0.1, 0.15) is 10.8 Å². The van der Waals surface area contributed by atoms with Gasteiger partial charge >= 0.3 is 0 Å². The maximum Gasteiger partial charge on any atom is 0.176 e. The molecule has 0 fully saturated rings. The van der Waals surface area contributed by atoms with Crippen molar-refractivity contribution in [2.45, 2.75) is 13.8 Å². The zero-order valence-corrected chi connectivity index (χ0v) is 10.1. The second-order valence-corrected chi connectivity index (χ2v) is 4.06. The lowest BCUT2D eigenvalue weighted by Crippen LogP contribution is -1.93. The van der Waals surface area contributed by atoms with Crippen LogP contribution in [-0.2, 0) is 0 Å². The van der Waals surface area contributed by atoms with Crippen LogP contribution in [0.5, 0.6) is 5.75 Å². The highest BCUT2D eigenvalue weighted by Gasteiger charge is 2.15. The second kappa shape index (κ2) is 3.83. The number of Topliss-reactive ketones (excluding diaryl/α,β-unsaturated/α-hetero) is 1. The minimum atomic E-state index is 0.00346. The molecule has 0 radical (unpaired) electrons. The van der Waals surface area contributed by atoms with Crippen LogP contribution >= 0.6 is 11.6 Å². The number of hydrogen-bond acceptors (Lipinski definition) is 2. The van der Waals surface area contributed by atoms with E-state index in [1.807, 2.05) is 13.0 Å². The Labute approximate surface area is 98.4 Å². The molecule has 1 aromatic carbocycles. The molecule has 0 bridgehead atoms. The van der Waals surface area contributed by atoms with E-state index in [2.05, 4.69) is 4.98 Å². The summed E-state index contributed by atoms with van der Waals surface area (Å²) in [6.45, 7) is 3.43. The lowest BCUT2D eigenvalue weighted by molar-refractivity contribution is 0.101. The maximum atomic E-state index is 11.4. The Morgan fingerprint density at radius 1 is 1.44 bits per heavy atom. The zero-order chi connectivity index (χ0) is 11.9. The average Bonchev–Trinajstić information content (AvgIpc) is 2.58. The molecule has 1 N–H and O–H groups in total. The molecule has 0 spiro atoms. The van der Waals surface area contributed by atoms with Crippen molar-refractivity contribution in [2.24, 2.45) is 0 Å². The smallest absolute Gasteiger partial charge is 0.176 e. The lowest BCUT2D eigenvalue weighted by Gasteiger charge is -2.02. The predicted octanol–water partition coefficient (Wildman–Crippen LogP) is 3.34. The summed E-state index contributed by atoms with van der Waals surface area (Å²) in [5.74, 6) is 0.606. The van der Waals surface area contributed by atoms with Gasteiger partial charge in [-0.25, -0.2) is 0 Å². The van der Waals surface area contributed by atoms with E-state index in [0.717, 1.165) is 16.5 Å². The number of ketones is 1. The van der Waals surface area contributed by atoms with Gasteiger partial charge in [0, 0.05) is 12.3 Å². The number of aryl methyl sites for hydroxylation is 1. The van der Waals surface area contributed by atoms with Gasteiger partial charge in [-0.3, -0.25) is 4.79 Å². The molecule has 0 saturated heterocycles. The van der Waals surface area contributed by atoms with Crippen molar-refractivity contribution in [1.82, 2.24) is 4.98 Å². The molecule has 0 unspecified atom stereocenters. The van der Waals surface area contributed by atoms with Gasteiger partial charge in [-0.15, -0.1) is 0 Å². The normalized spacial score (nSPS) is 10.8. The van der Waals surface area contributed by atoms with Crippen molar-refractivity contribution in [3.05, 3.63) is 28.4 Å². The minimum Gasteiger partial charge on any atom is -0.495 e. The van der Waals surface area contributed by atoms with E-state index in [0.29, 0.717) is 16.5 Å². The molecule has 0 aliphatic rings. The first-order valence-corrected chi connectivity index (χ1v) is 5.29. The lowest BCUT2D eigenvalue weighted by atomic mass is 10.1. The van der Waals surface area contributed by atoms with Gasteiger partial charge in [0.25, 0.3) is 0 Å². The van der Waals surface area contributed by atoms with E-state index in [-0.39, 0.29) is 5.78 Å². The van der Waals surface area contributed by atoms with Crippen molar-refractivity contribution >= 4 is 28.3 Å². The van der Waals surface area contributed by atoms with Crippen LogP contribution < -0.4 is 4.74 Å². The topological polar surface area (TPSA) is 42.1 Å². The standard InChI is InChI=1S/C12H12ClNO2/c1-6-8-4-5-9(16-3)10(13)12(8)14-11(6)7(2)15/h4-5,14H,1-3H3. The van der Waals surface area contributed by atoms with Gasteiger partial charge in [0.15, 0.2) is 5.78 Å². The molecule has 0 atom stereocenters. The van der Waals surface area contributed by atoms with Gasteiger partial charge in [-0.05, 0) is 24.6 Å². The molecule has 2 rings (SSSR count). The maximum absolute atomic E-state index is 11.4. The van der Waals surface area contributed by atoms with Crippen LogP contribution in [0.25, 0.3) is 10.9 Å². The number of aromatic amines is 1. The Bertz CT molecular complexity index is 572. The third-order valence-corrected chi connectivity index (χ3v) is 3.08. The zero-order valence-electron chi connectivity index (χ0n) is 9.35. The number of halogens is 1. The fourth-order valence-corrected chi connectivity index (χ4v) is 2.14. The van der Waals surface area contributed by atoms with Gasteiger partial charge < -0.3 is 9.72 Å². The molecular weight excluding hydrogens is 226 g/mol. The Morgan fingerprint density at radius 3 is 2.69 bits per heavy atom. The molecule has 4 heteroatoms. The third kappa shape index (κ3) is 1.48. The number of aromatic nitrogens is 1. The highest BCUT2D eigenvalue weighted by Crippen LogP contribution is 2.34. The van der Waals surface area contributed by atoms with E-state index in [9.17, 15) is 4.79 Å². The average molecular weight is 238 g/mol. The first kappa shape index (κ1) is 11.0. The quantitative estimate of drug-likeness (QED) is 0.814. The third-order valence-electron chi connectivity index (χ3n) is 2.71. The molecule has 16 heavy (non-hydrogen) atoms. The van der Waals surface area contributed by atoms with Crippen LogP contribution in [0.4, 0.5) is 0 Å². The molecule has 1 aromatic heterocycles. The highest BCUT2D eigenvalue weighted by atomic mass is 35.5. The summed E-state index contributed by atoms with van der Waals surface area (Å²) in [5.41, 5.74) is 2.28. The number of hydrogen-bond donors (Lipinski definition) is 1. The van der Waals surface area contributed by atoms with Crippen molar-refractivity contribution in [1.29, 1.82) is 0 Å². The Morgan fingerprint density at radius 2 is 2.12 bits per heavy atom. The first-order valence-electron chi connectivity index (χ1n) is 4.92. The molecule has 0 saturated carbocycles. The summed E-state index contributed by atoms with van der Waals surface area (Å²) in [4.78, 5) is 14.4. The SMILES string of the molecule is COc1ccc2c(C)c(C(C)=O)[nH]c2c1Cl. The molecule has 0 amide bonds. The van der Waals surface area contributed by atoms with Crippen LogP contribution in [0, 0.1) is 6.92 Å². The Balaban J connectivity index is 2.81. The van der Waals surface area contributed by atoms with Crippen molar-refractivity contribution in [2.75, 3.05) is 7.11 Å². The van der Waals surface area contributed by atoms with Gasteiger partial charge in [0.05, 0.1) is 18.3 Å². The van der Waals surface area contributed by atoms with Crippen molar-refractivity contribution in [3.63, 3.8) is 0 Å². The highest BCUT2D eigenvalue weighted by molar-refractivity contribution is 6.36. The minimum absolute atomic E-state index is 0.00346. The van der Waals surface area contributed by atoms with Crippen LogP contribution in [-0.4, -0.2) is 17.9 Å². The van der Waals surface area contributed by atoms with Gasteiger partial charge in [-0.2, -0.15) is 0 Å². The van der Waals surface area contributed by atoms with Crippen molar-refractivity contribution < 1.29 is 9.53 Å². The fraction of sp³-hybridized carbons (Fsp3) is 0.250. The molecule has 0 aliphatic heterocycles. The van der Waals surface area contributed by atoms with Crippen LogP contribution in [0.15, 0.2) is 12.1 Å². The molecule has 84 valence electrons. The number of fused-ring (bicyclic) bond motifs is 1. The monoisotopic (exact) mass is 237 g/mol. The van der Waals surface area contributed by atoms with Crippen molar-refractivity contribution in [3.8, 4) is 5.75 Å². The van der Waals surface area contributed by atoms with Gasteiger partial charge in [-0.1, -0.05) is 11.6 Å². The molecule has 1 heterocycles. The Kier molecular flexibility index (Phi) is 2.64. The van der Waals surface area contributed by atoms with E-state index in [1.165, 1.54) is 6.92 Å². The fourth-order valence-electron chi connectivity index (χ4n) is 1.85. The molecular formula is C12H12ClNO2. The Hall–Kier alpha value is -1.48. The van der Waals surface area contributed by atoms with E-state index < -0.39 is 0 Å². The largest absolute Gasteiger partial charge is 0.495 e. The summed E-state index contributed by atoms with van der Waals surface area (Å²) in [5, 5.41) is 1.46.